The number of aromatic nitrogens is 1. The molecule has 4 nitrogen and oxygen atoms in total. The zero-order chi connectivity index (χ0) is 16.2. The molecule has 0 radical (unpaired) electrons. The van der Waals surface area contributed by atoms with E-state index in [1.165, 1.54) is 17.7 Å². The molecule has 1 aromatic heterocycles. The first-order valence-corrected chi connectivity index (χ1v) is 8.91. The summed E-state index contributed by atoms with van der Waals surface area (Å²) in [5.74, 6) is 0.634. The van der Waals surface area contributed by atoms with Gasteiger partial charge in [0.2, 0.25) is 0 Å². The zero-order valence-electron chi connectivity index (χ0n) is 14.1. The summed E-state index contributed by atoms with van der Waals surface area (Å²) in [6.45, 7) is 6.11. The van der Waals surface area contributed by atoms with E-state index in [9.17, 15) is 0 Å². The van der Waals surface area contributed by atoms with Crippen LogP contribution in [0.5, 0.6) is 0 Å². The maximum absolute atomic E-state index is 6.23. The number of ether oxygens (including phenoxy) is 1. The lowest BCUT2D eigenvalue weighted by Crippen LogP contribution is -2.47. The van der Waals surface area contributed by atoms with Gasteiger partial charge in [0.25, 0.3) is 0 Å². The highest BCUT2D eigenvalue weighted by Gasteiger charge is 2.33. The number of benzene rings is 1. The molecule has 0 unspecified atom stereocenters. The molecule has 0 spiro atoms. The predicted octanol–water partition coefficient (Wildman–Crippen LogP) is 2.81. The summed E-state index contributed by atoms with van der Waals surface area (Å²) in [5, 5.41) is 0. The van der Waals surface area contributed by atoms with Crippen molar-refractivity contribution in [2.45, 2.75) is 19.1 Å². The number of nitrogens with zero attached hydrogens (tertiary/aromatic N) is 3. The second-order valence-corrected chi connectivity index (χ2v) is 6.83. The minimum absolute atomic E-state index is 0.349. The van der Waals surface area contributed by atoms with Crippen LogP contribution < -0.4 is 4.90 Å². The van der Waals surface area contributed by atoms with E-state index in [1.807, 2.05) is 12.4 Å². The van der Waals surface area contributed by atoms with Gasteiger partial charge in [-0.05, 0) is 36.2 Å². The Bertz CT molecular complexity index is 634. The van der Waals surface area contributed by atoms with Crippen LogP contribution in [0.1, 0.15) is 12.0 Å². The molecule has 2 fully saturated rings. The summed E-state index contributed by atoms with van der Waals surface area (Å²) >= 11 is 0. The van der Waals surface area contributed by atoms with Gasteiger partial charge in [-0.3, -0.25) is 9.88 Å². The number of anilines is 1. The van der Waals surface area contributed by atoms with Crippen molar-refractivity contribution in [3.05, 3.63) is 60.4 Å². The van der Waals surface area contributed by atoms with Gasteiger partial charge in [0.1, 0.15) is 0 Å². The van der Waals surface area contributed by atoms with E-state index >= 15 is 0 Å². The van der Waals surface area contributed by atoms with Gasteiger partial charge in [0.05, 0.1) is 12.7 Å². The second-order valence-electron chi connectivity index (χ2n) is 6.83. The number of para-hydroxylation sites is 1. The van der Waals surface area contributed by atoms with Gasteiger partial charge in [-0.2, -0.15) is 0 Å². The normalized spacial score (nSPS) is 25.1. The van der Waals surface area contributed by atoms with Crippen molar-refractivity contribution in [2.75, 3.05) is 37.7 Å². The lowest BCUT2D eigenvalue weighted by atomic mass is 9.93. The van der Waals surface area contributed by atoms with Crippen molar-refractivity contribution in [3.63, 3.8) is 0 Å². The van der Waals surface area contributed by atoms with Gasteiger partial charge in [0.15, 0.2) is 0 Å². The first-order chi connectivity index (χ1) is 11.9. The Morgan fingerprint density at radius 2 is 1.83 bits per heavy atom. The van der Waals surface area contributed by atoms with Crippen LogP contribution in [0.25, 0.3) is 0 Å². The van der Waals surface area contributed by atoms with Crippen LogP contribution in [-0.4, -0.2) is 48.8 Å². The first-order valence-electron chi connectivity index (χ1n) is 8.91. The Morgan fingerprint density at radius 1 is 1.00 bits per heavy atom. The molecule has 0 N–H and O–H groups in total. The monoisotopic (exact) mass is 323 g/mol. The number of hydrogen-bond acceptors (Lipinski definition) is 4. The van der Waals surface area contributed by atoms with E-state index in [0.29, 0.717) is 12.0 Å². The fraction of sp³-hybridized carbons (Fsp3) is 0.450. The summed E-state index contributed by atoms with van der Waals surface area (Å²) < 4.78 is 6.23. The van der Waals surface area contributed by atoms with Gasteiger partial charge < -0.3 is 9.64 Å². The number of pyridine rings is 1. The summed E-state index contributed by atoms with van der Waals surface area (Å²) in [6.07, 6.45) is 5.31. The largest absolute Gasteiger partial charge is 0.375 e. The fourth-order valence-electron chi connectivity index (χ4n) is 3.88. The highest BCUT2D eigenvalue weighted by atomic mass is 16.5. The van der Waals surface area contributed by atoms with E-state index in [0.717, 1.165) is 39.3 Å². The Hall–Kier alpha value is -1.91. The average Bonchev–Trinajstić information content (AvgIpc) is 2.84. The number of fused-ring (bicyclic) bond motifs is 1. The van der Waals surface area contributed by atoms with Crippen molar-refractivity contribution >= 4 is 5.69 Å². The Kier molecular flexibility index (Phi) is 4.76. The van der Waals surface area contributed by atoms with Crippen molar-refractivity contribution in [2.24, 2.45) is 5.92 Å². The molecule has 2 aliphatic rings. The van der Waals surface area contributed by atoms with E-state index < -0.39 is 0 Å². The lowest BCUT2D eigenvalue weighted by molar-refractivity contribution is 0.0253. The van der Waals surface area contributed by atoms with Gasteiger partial charge >= 0.3 is 0 Å². The van der Waals surface area contributed by atoms with Crippen LogP contribution in [0.3, 0.4) is 0 Å². The number of rotatable bonds is 3. The molecule has 0 saturated carbocycles. The fourth-order valence-corrected chi connectivity index (χ4v) is 3.88. The van der Waals surface area contributed by atoms with Crippen molar-refractivity contribution in [3.8, 4) is 0 Å². The summed E-state index contributed by atoms with van der Waals surface area (Å²) in [4.78, 5) is 9.12. The van der Waals surface area contributed by atoms with Gasteiger partial charge in [-0.25, -0.2) is 0 Å². The highest BCUT2D eigenvalue weighted by molar-refractivity contribution is 5.46. The summed E-state index contributed by atoms with van der Waals surface area (Å²) in [5.41, 5.74) is 2.66. The van der Waals surface area contributed by atoms with E-state index in [2.05, 4.69) is 57.2 Å². The van der Waals surface area contributed by atoms with Crippen LogP contribution in [0.15, 0.2) is 54.9 Å². The molecule has 126 valence electrons. The standard InChI is InChI=1S/C20H25N3O/c1-2-4-19(5-3-1)23-11-8-18-15-22(12-13-24-20(18)16-23)14-17-6-9-21-10-7-17/h1-7,9-10,18,20H,8,11-16H2/t18-,20-/m1/s1. The third kappa shape index (κ3) is 3.60. The molecule has 0 bridgehead atoms. The van der Waals surface area contributed by atoms with Crippen molar-refractivity contribution in [1.82, 2.24) is 9.88 Å². The SMILES string of the molecule is c1ccc(N2CC[C@@H]3CN(Cc4ccncc4)CCO[C@@H]3C2)cc1. The summed E-state index contributed by atoms with van der Waals surface area (Å²) in [7, 11) is 0. The molecule has 2 atom stereocenters. The quantitative estimate of drug-likeness (QED) is 0.868. The second kappa shape index (κ2) is 7.32. The molecule has 4 heteroatoms. The molecule has 2 aliphatic heterocycles. The van der Waals surface area contributed by atoms with Crippen LogP contribution >= 0.6 is 0 Å². The molecule has 3 heterocycles. The van der Waals surface area contributed by atoms with Gasteiger partial charge in [-0.15, -0.1) is 0 Å². The first kappa shape index (κ1) is 15.6. The van der Waals surface area contributed by atoms with Crippen LogP contribution in [-0.2, 0) is 11.3 Å². The molecule has 0 amide bonds. The van der Waals surface area contributed by atoms with Crippen molar-refractivity contribution < 1.29 is 4.74 Å². The zero-order valence-corrected chi connectivity index (χ0v) is 14.1. The topological polar surface area (TPSA) is 28.6 Å². The Balaban J connectivity index is 1.39. The molecular weight excluding hydrogens is 298 g/mol. The van der Waals surface area contributed by atoms with Crippen LogP contribution in [0, 0.1) is 5.92 Å². The van der Waals surface area contributed by atoms with Crippen molar-refractivity contribution in [1.29, 1.82) is 0 Å². The molecule has 1 aromatic carbocycles. The van der Waals surface area contributed by atoms with Gasteiger partial charge in [-0.1, -0.05) is 18.2 Å². The number of piperidine rings is 1. The molecule has 2 aromatic rings. The lowest BCUT2D eigenvalue weighted by Gasteiger charge is -2.39. The maximum Gasteiger partial charge on any atom is 0.0791 e. The highest BCUT2D eigenvalue weighted by Crippen LogP contribution is 2.28. The third-order valence-electron chi connectivity index (χ3n) is 5.20. The molecule has 24 heavy (non-hydrogen) atoms. The maximum atomic E-state index is 6.23. The molecule has 0 aliphatic carbocycles. The molecular formula is C20H25N3O. The average molecular weight is 323 g/mol. The van der Waals surface area contributed by atoms with Gasteiger partial charge in [0, 0.05) is 56.7 Å². The van der Waals surface area contributed by atoms with E-state index in [-0.39, 0.29) is 0 Å². The smallest absolute Gasteiger partial charge is 0.0791 e. The Labute approximate surface area is 144 Å². The van der Waals surface area contributed by atoms with E-state index in [1.54, 1.807) is 0 Å². The van der Waals surface area contributed by atoms with E-state index in [4.69, 9.17) is 4.74 Å². The van der Waals surface area contributed by atoms with Crippen LogP contribution in [0.4, 0.5) is 5.69 Å². The minimum Gasteiger partial charge on any atom is -0.375 e. The third-order valence-corrected chi connectivity index (χ3v) is 5.20. The number of hydrogen-bond donors (Lipinski definition) is 0. The van der Waals surface area contributed by atoms with Crippen LogP contribution in [0.2, 0.25) is 0 Å². The predicted molar refractivity (Wildman–Crippen MR) is 96.0 cm³/mol. The Morgan fingerprint density at radius 3 is 2.67 bits per heavy atom. The summed E-state index contributed by atoms with van der Waals surface area (Å²) in [6, 6.07) is 14.9. The minimum atomic E-state index is 0.349. The molecule has 4 rings (SSSR count). The molecule has 2 saturated heterocycles.